The number of rotatable bonds is 50. The Morgan fingerprint density at radius 1 is 0.355 bits per heavy atom. The van der Waals surface area contributed by atoms with Crippen molar-refractivity contribution in [1.29, 1.82) is 0 Å². The van der Waals surface area contributed by atoms with Crippen molar-refractivity contribution in [2.45, 2.75) is 284 Å². The van der Waals surface area contributed by atoms with E-state index in [-0.39, 0.29) is 25.2 Å². The molecule has 362 valence electrons. The first-order chi connectivity index (χ1) is 30.6. The lowest BCUT2D eigenvalue weighted by Gasteiger charge is -2.18. The van der Waals surface area contributed by atoms with E-state index in [9.17, 15) is 9.59 Å². The third-order valence-electron chi connectivity index (χ3n) is 11.8. The van der Waals surface area contributed by atoms with E-state index in [2.05, 4.69) is 69.4 Å². The zero-order valence-corrected chi connectivity index (χ0v) is 41.6. The number of allylic oxidation sites excluding steroid dienone is 8. The van der Waals surface area contributed by atoms with Crippen LogP contribution in [0.2, 0.25) is 0 Å². The molecule has 0 bridgehead atoms. The third kappa shape index (κ3) is 50.5. The third-order valence-corrected chi connectivity index (χ3v) is 11.8. The molecule has 0 amide bonds. The molecule has 5 nitrogen and oxygen atoms in total. The van der Waals surface area contributed by atoms with Crippen molar-refractivity contribution in [2.24, 2.45) is 0 Å². The Bertz CT molecular complexity index is 1030. The number of esters is 2. The van der Waals surface area contributed by atoms with Crippen LogP contribution in [0.3, 0.4) is 0 Å². The summed E-state index contributed by atoms with van der Waals surface area (Å²) in [4.78, 5) is 25.4. The molecule has 1 unspecified atom stereocenters. The van der Waals surface area contributed by atoms with Gasteiger partial charge in [-0.3, -0.25) is 9.59 Å². The van der Waals surface area contributed by atoms with Crippen LogP contribution in [0.5, 0.6) is 0 Å². The molecule has 0 aromatic rings. The van der Waals surface area contributed by atoms with Crippen molar-refractivity contribution in [3.63, 3.8) is 0 Å². The highest BCUT2D eigenvalue weighted by molar-refractivity contribution is 5.70. The van der Waals surface area contributed by atoms with Gasteiger partial charge in [-0.25, -0.2) is 0 Å². The normalized spacial score (nSPS) is 12.5. The van der Waals surface area contributed by atoms with E-state index in [0.29, 0.717) is 19.4 Å². The smallest absolute Gasteiger partial charge is 0.306 e. The van der Waals surface area contributed by atoms with Crippen LogP contribution in [0.25, 0.3) is 0 Å². The first kappa shape index (κ1) is 59.9. The van der Waals surface area contributed by atoms with Crippen LogP contribution in [-0.2, 0) is 23.8 Å². The van der Waals surface area contributed by atoms with Crippen molar-refractivity contribution in [1.82, 2.24) is 0 Å². The van der Waals surface area contributed by atoms with Crippen molar-refractivity contribution in [2.75, 3.05) is 19.8 Å². The summed E-state index contributed by atoms with van der Waals surface area (Å²) in [5.41, 5.74) is 0. The molecule has 0 saturated carbocycles. The molecule has 0 spiro atoms. The standard InChI is InChI=1S/C57H104O5/c1-4-7-10-13-16-19-22-25-27-28-29-31-34-37-40-43-46-49-52-60-53-55(62-57(59)51-48-45-42-39-36-32-24-21-18-15-12-9-6-3)54-61-56(58)50-47-44-41-38-35-33-30-26-23-20-17-14-11-8-5-2/h16,19,21,24-27,30,55H,4-15,17-18,20,22-23,28-29,31-54H2,1-3H3/b19-16-,24-21-,27-25-,30-26-. The van der Waals surface area contributed by atoms with E-state index in [1.807, 2.05) is 0 Å². The Balaban J connectivity index is 4.27. The van der Waals surface area contributed by atoms with Gasteiger partial charge in [0.2, 0.25) is 0 Å². The van der Waals surface area contributed by atoms with Gasteiger partial charge in [0.1, 0.15) is 6.61 Å². The van der Waals surface area contributed by atoms with Crippen molar-refractivity contribution in [3.8, 4) is 0 Å². The molecule has 5 heteroatoms. The molecule has 0 heterocycles. The van der Waals surface area contributed by atoms with Crippen LogP contribution >= 0.6 is 0 Å². The highest BCUT2D eigenvalue weighted by atomic mass is 16.6. The monoisotopic (exact) mass is 869 g/mol. The molecule has 0 rings (SSSR count). The van der Waals surface area contributed by atoms with Gasteiger partial charge >= 0.3 is 11.9 Å². The van der Waals surface area contributed by atoms with Crippen LogP contribution in [0, 0.1) is 0 Å². The fourth-order valence-electron chi connectivity index (χ4n) is 7.71. The van der Waals surface area contributed by atoms with Gasteiger partial charge < -0.3 is 14.2 Å². The Morgan fingerprint density at radius 3 is 1.13 bits per heavy atom. The Labute approximate surface area is 386 Å². The molecule has 0 radical (unpaired) electrons. The zero-order chi connectivity index (χ0) is 44.9. The Hall–Kier alpha value is -2.14. The largest absolute Gasteiger partial charge is 0.462 e. The minimum absolute atomic E-state index is 0.0771. The molecule has 62 heavy (non-hydrogen) atoms. The number of carbonyl (C=O) groups excluding carboxylic acids is 2. The molecule has 0 fully saturated rings. The molecule has 0 saturated heterocycles. The van der Waals surface area contributed by atoms with Crippen LogP contribution in [0.4, 0.5) is 0 Å². The maximum Gasteiger partial charge on any atom is 0.306 e. The van der Waals surface area contributed by atoms with Crippen LogP contribution < -0.4 is 0 Å². The van der Waals surface area contributed by atoms with Gasteiger partial charge in [0, 0.05) is 19.4 Å². The fraction of sp³-hybridized carbons (Fsp3) is 0.825. The van der Waals surface area contributed by atoms with E-state index < -0.39 is 6.10 Å². The summed E-state index contributed by atoms with van der Waals surface area (Å²) in [6.07, 6.45) is 65.5. The van der Waals surface area contributed by atoms with Crippen molar-refractivity contribution >= 4 is 11.9 Å². The Kier molecular flexibility index (Phi) is 51.4. The SMILES string of the molecule is CCCCC/C=C\C/C=C\CCCCCCCCCCOCC(COC(=O)CCCCCCC/C=C\CCCCCCCC)OC(=O)CCCCCCC/C=C\CCCCCC. The second-order valence-corrected chi connectivity index (χ2v) is 18.1. The van der Waals surface area contributed by atoms with E-state index in [0.717, 1.165) is 70.6 Å². The summed E-state index contributed by atoms with van der Waals surface area (Å²) < 4.78 is 17.4. The second-order valence-electron chi connectivity index (χ2n) is 18.1. The first-order valence-electron chi connectivity index (χ1n) is 27.2. The molecule has 1 atom stereocenters. The van der Waals surface area contributed by atoms with Gasteiger partial charge in [0.25, 0.3) is 0 Å². The van der Waals surface area contributed by atoms with Gasteiger partial charge in [-0.15, -0.1) is 0 Å². The summed E-state index contributed by atoms with van der Waals surface area (Å²) >= 11 is 0. The van der Waals surface area contributed by atoms with E-state index in [1.54, 1.807) is 0 Å². The van der Waals surface area contributed by atoms with E-state index in [1.165, 1.54) is 173 Å². The summed E-state index contributed by atoms with van der Waals surface area (Å²) in [6, 6.07) is 0. The predicted molar refractivity (Wildman–Crippen MR) is 270 cm³/mol. The van der Waals surface area contributed by atoms with Gasteiger partial charge in [-0.1, -0.05) is 211 Å². The highest BCUT2D eigenvalue weighted by Crippen LogP contribution is 2.14. The fourth-order valence-corrected chi connectivity index (χ4v) is 7.71. The van der Waals surface area contributed by atoms with Crippen LogP contribution in [-0.4, -0.2) is 37.9 Å². The summed E-state index contributed by atoms with van der Waals surface area (Å²) in [5.74, 6) is -0.411. The molecule has 0 aliphatic rings. The Morgan fingerprint density at radius 2 is 0.677 bits per heavy atom. The average Bonchev–Trinajstić information content (AvgIpc) is 3.27. The highest BCUT2D eigenvalue weighted by Gasteiger charge is 2.17. The number of carbonyl (C=O) groups is 2. The summed E-state index contributed by atoms with van der Waals surface area (Å²) in [5, 5.41) is 0. The van der Waals surface area contributed by atoms with Crippen molar-refractivity contribution < 1.29 is 23.8 Å². The summed E-state index contributed by atoms with van der Waals surface area (Å²) in [7, 11) is 0. The van der Waals surface area contributed by atoms with Gasteiger partial charge in [0.15, 0.2) is 6.10 Å². The minimum atomic E-state index is -0.545. The lowest BCUT2D eigenvalue weighted by molar-refractivity contribution is -0.163. The lowest BCUT2D eigenvalue weighted by atomic mass is 10.1. The average molecular weight is 869 g/mol. The predicted octanol–water partition coefficient (Wildman–Crippen LogP) is 18.3. The second kappa shape index (κ2) is 53.2. The number of ether oxygens (including phenoxy) is 3. The number of unbranched alkanes of at least 4 members (excludes halogenated alkanes) is 31. The maximum absolute atomic E-state index is 12.8. The van der Waals surface area contributed by atoms with Gasteiger partial charge in [-0.05, 0) is 103 Å². The molecule has 0 aliphatic carbocycles. The number of hydrogen-bond donors (Lipinski definition) is 0. The molecular formula is C57H104O5. The lowest BCUT2D eigenvalue weighted by Crippen LogP contribution is -2.30. The molecule has 0 aromatic heterocycles. The zero-order valence-electron chi connectivity index (χ0n) is 41.6. The van der Waals surface area contributed by atoms with Crippen molar-refractivity contribution in [3.05, 3.63) is 48.6 Å². The minimum Gasteiger partial charge on any atom is -0.462 e. The first-order valence-corrected chi connectivity index (χ1v) is 27.2. The molecule has 0 aromatic carbocycles. The number of hydrogen-bond acceptors (Lipinski definition) is 5. The van der Waals surface area contributed by atoms with Gasteiger partial charge in [-0.2, -0.15) is 0 Å². The van der Waals surface area contributed by atoms with Crippen LogP contribution in [0.15, 0.2) is 48.6 Å². The molecule has 0 aliphatic heterocycles. The topological polar surface area (TPSA) is 61.8 Å². The molecule has 0 N–H and O–H groups in total. The molecular weight excluding hydrogens is 765 g/mol. The van der Waals surface area contributed by atoms with E-state index in [4.69, 9.17) is 14.2 Å². The van der Waals surface area contributed by atoms with Crippen LogP contribution in [0.1, 0.15) is 278 Å². The quantitative estimate of drug-likeness (QED) is 0.0346. The van der Waals surface area contributed by atoms with E-state index >= 15 is 0 Å². The maximum atomic E-state index is 12.8. The summed E-state index contributed by atoms with van der Waals surface area (Å²) in [6.45, 7) is 7.79. The van der Waals surface area contributed by atoms with Gasteiger partial charge in [0.05, 0.1) is 6.61 Å².